The predicted molar refractivity (Wildman–Crippen MR) is 137 cm³/mol. The summed E-state index contributed by atoms with van der Waals surface area (Å²) in [7, 11) is 0. The Morgan fingerprint density at radius 3 is 2.69 bits per heavy atom. The molecule has 1 fully saturated rings. The second-order valence-corrected chi connectivity index (χ2v) is 9.10. The maximum atomic E-state index is 15.0. The number of ketones is 1. The minimum atomic E-state index is -1.35. The van der Waals surface area contributed by atoms with E-state index in [0.717, 1.165) is 6.07 Å². The summed E-state index contributed by atoms with van der Waals surface area (Å²) in [6.45, 7) is 4.02. The van der Waals surface area contributed by atoms with Crippen LogP contribution in [0.25, 0.3) is 33.4 Å². The largest absolute Gasteiger partial charge is 0.505 e. The molecular weight excluding hydrogens is 513 g/mol. The molecule has 0 aliphatic carbocycles. The third-order valence-electron chi connectivity index (χ3n) is 6.60. The van der Waals surface area contributed by atoms with Gasteiger partial charge in [0.1, 0.15) is 12.4 Å². The van der Waals surface area contributed by atoms with Crippen LogP contribution in [0.4, 0.5) is 20.7 Å². The topological polar surface area (TPSA) is 185 Å². The number of aromatic nitrogens is 4. The Labute approximate surface area is 221 Å². The quantitative estimate of drug-likeness (QED) is 0.169. The fourth-order valence-corrected chi connectivity index (χ4v) is 4.65. The Morgan fingerprint density at radius 1 is 1.21 bits per heavy atom. The van der Waals surface area contributed by atoms with E-state index in [2.05, 4.69) is 20.1 Å². The van der Waals surface area contributed by atoms with E-state index in [9.17, 15) is 14.0 Å². The van der Waals surface area contributed by atoms with E-state index in [0.29, 0.717) is 44.0 Å². The molecule has 1 atom stereocenters. The van der Waals surface area contributed by atoms with E-state index < -0.39 is 12.0 Å². The molecule has 0 saturated carbocycles. The Bertz CT molecular complexity index is 1550. The SMILES string of the molecule is CC(=O)c1cc(-c2ncc(-c3cnn(CC(COC(=O)O)N4CCOCC4)c3)c3onc(N)c23)c(F)cc1N. The summed E-state index contributed by atoms with van der Waals surface area (Å²) in [6.07, 6.45) is 3.49. The first-order chi connectivity index (χ1) is 18.7. The van der Waals surface area contributed by atoms with Gasteiger partial charge in [-0.05, 0) is 19.1 Å². The van der Waals surface area contributed by atoms with Crippen LogP contribution in [0.5, 0.6) is 0 Å². The summed E-state index contributed by atoms with van der Waals surface area (Å²) >= 11 is 0. The highest BCUT2D eigenvalue weighted by molar-refractivity contribution is 6.06. The molecule has 39 heavy (non-hydrogen) atoms. The van der Waals surface area contributed by atoms with Gasteiger partial charge in [0.25, 0.3) is 0 Å². The molecule has 0 bridgehead atoms. The average molecular weight is 540 g/mol. The summed E-state index contributed by atoms with van der Waals surface area (Å²) in [5.41, 5.74) is 13.7. The highest BCUT2D eigenvalue weighted by Gasteiger charge is 2.25. The number of morpholine rings is 1. The first-order valence-corrected chi connectivity index (χ1v) is 12.1. The number of hydrogen-bond donors (Lipinski definition) is 3. The van der Waals surface area contributed by atoms with Crippen molar-refractivity contribution in [1.29, 1.82) is 0 Å². The number of benzene rings is 1. The number of nitrogens with zero attached hydrogens (tertiary/aromatic N) is 5. The maximum Gasteiger partial charge on any atom is 0.505 e. The van der Waals surface area contributed by atoms with Gasteiger partial charge in [-0.1, -0.05) is 5.16 Å². The van der Waals surface area contributed by atoms with E-state index in [-0.39, 0.29) is 57.7 Å². The third kappa shape index (κ3) is 5.24. The molecule has 14 heteroatoms. The maximum absolute atomic E-state index is 15.0. The number of fused-ring (bicyclic) bond motifs is 1. The molecule has 0 spiro atoms. The van der Waals surface area contributed by atoms with Crippen molar-refractivity contribution in [1.82, 2.24) is 24.8 Å². The second-order valence-electron chi connectivity index (χ2n) is 9.10. The van der Waals surface area contributed by atoms with Crippen LogP contribution in [-0.4, -0.2) is 80.8 Å². The molecule has 1 unspecified atom stereocenters. The Hall–Kier alpha value is -4.56. The lowest BCUT2D eigenvalue weighted by Crippen LogP contribution is -2.48. The number of nitrogens with two attached hydrogens (primary N) is 2. The molecule has 204 valence electrons. The predicted octanol–water partition coefficient (Wildman–Crippen LogP) is 2.65. The van der Waals surface area contributed by atoms with Gasteiger partial charge in [0.15, 0.2) is 17.2 Å². The van der Waals surface area contributed by atoms with Crippen LogP contribution in [0.1, 0.15) is 17.3 Å². The monoisotopic (exact) mass is 539 g/mol. The van der Waals surface area contributed by atoms with Gasteiger partial charge in [-0.2, -0.15) is 5.10 Å². The van der Waals surface area contributed by atoms with Crippen LogP contribution >= 0.6 is 0 Å². The van der Waals surface area contributed by atoms with Crippen LogP contribution in [0.3, 0.4) is 0 Å². The molecule has 0 amide bonds. The molecular formula is C25H26FN7O6. The summed E-state index contributed by atoms with van der Waals surface area (Å²) in [5, 5.41) is 17.6. The van der Waals surface area contributed by atoms with Crippen LogP contribution in [0.15, 0.2) is 35.2 Å². The fraction of sp³-hybridized carbons (Fsp3) is 0.320. The minimum absolute atomic E-state index is 0.000502. The number of halogens is 1. The second kappa shape index (κ2) is 10.7. The number of ether oxygens (including phenoxy) is 2. The van der Waals surface area contributed by atoms with Crippen molar-refractivity contribution in [3.8, 4) is 22.4 Å². The molecule has 1 aliphatic heterocycles. The van der Waals surface area contributed by atoms with Crippen molar-refractivity contribution in [2.45, 2.75) is 19.5 Å². The Kier molecular flexibility index (Phi) is 7.13. The zero-order valence-electron chi connectivity index (χ0n) is 21.0. The molecule has 5 N–H and O–H groups in total. The zero-order valence-corrected chi connectivity index (χ0v) is 21.0. The van der Waals surface area contributed by atoms with Crippen LogP contribution in [-0.2, 0) is 16.0 Å². The normalized spacial score (nSPS) is 14.9. The van der Waals surface area contributed by atoms with Crippen LogP contribution < -0.4 is 11.5 Å². The van der Waals surface area contributed by atoms with Crippen LogP contribution in [0.2, 0.25) is 0 Å². The number of anilines is 2. The lowest BCUT2D eigenvalue weighted by molar-refractivity contribution is -0.0106. The van der Waals surface area contributed by atoms with Gasteiger partial charge in [-0.3, -0.25) is 19.4 Å². The first kappa shape index (κ1) is 26.1. The number of pyridine rings is 1. The fourth-order valence-electron chi connectivity index (χ4n) is 4.65. The van der Waals surface area contributed by atoms with E-state index in [4.69, 9.17) is 30.6 Å². The lowest BCUT2D eigenvalue weighted by atomic mass is 9.99. The van der Waals surface area contributed by atoms with E-state index >= 15 is 0 Å². The average Bonchev–Trinajstić information content (AvgIpc) is 3.53. The van der Waals surface area contributed by atoms with Gasteiger partial charge >= 0.3 is 6.16 Å². The van der Waals surface area contributed by atoms with Gasteiger partial charge in [-0.15, -0.1) is 0 Å². The molecule has 4 aromatic rings. The summed E-state index contributed by atoms with van der Waals surface area (Å²) in [6, 6.07) is 2.15. The smallest absolute Gasteiger partial charge is 0.450 e. The van der Waals surface area contributed by atoms with E-state index in [1.165, 1.54) is 19.2 Å². The highest BCUT2D eigenvalue weighted by atomic mass is 19.1. The summed E-state index contributed by atoms with van der Waals surface area (Å²) in [4.78, 5) is 29.6. The minimum Gasteiger partial charge on any atom is -0.450 e. The summed E-state index contributed by atoms with van der Waals surface area (Å²) in [5.74, 6) is -0.998. The van der Waals surface area contributed by atoms with Crippen molar-refractivity contribution in [2.75, 3.05) is 44.4 Å². The molecule has 5 rings (SSSR count). The molecule has 3 aromatic heterocycles. The number of rotatable bonds is 8. The van der Waals surface area contributed by atoms with E-state index in [1.807, 2.05) is 0 Å². The lowest BCUT2D eigenvalue weighted by Gasteiger charge is -2.33. The van der Waals surface area contributed by atoms with Crippen LogP contribution in [0, 0.1) is 5.82 Å². The van der Waals surface area contributed by atoms with E-state index in [1.54, 1.807) is 17.1 Å². The van der Waals surface area contributed by atoms with Gasteiger partial charge < -0.3 is 30.6 Å². The molecule has 0 radical (unpaired) electrons. The van der Waals surface area contributed by atoms with Crippen molar-refractivity contribution in [3.05, 3.63) is 42.1 Å². The van der Waals surface area contributed by atoms with Crippen molar-refractivity contribution in [3.63, 3.8) is 0 Å². The number of carbonyl (C=O) groups is 2. The summed E-state index contributed by atoms with van der Waals surface area (Å²) < 4.78 is 32.4. The Balaban J connectivity index is 1.49. The highest BCUT2D eigenvalue weighted by Crippen LogP contribution is 2.38. The number of nitrogen functional groups attached to an aromatic ring is 2. The van der Waals surface area contributed by atoms with Gasteiger partial charge in [0.05, 0.1) is 43.1 Å². The molecule has 1 saturated heterocycles. The zero-order chi connectivity index (χ0) is 27.7. The number of hydrogen-bond acceptors (Lipinski definition) is 11. The Morgan fingerprint density at radius 2 is 1.97 bits per heavy atom. The standard InChI is InChI=1S/C25H26FN7O6/c1-13(34)16-6-17(19(26)7-20(16)27)22-21-23(39-31-24(21)28)18(9-29-22)14-8-30-33(10-14)11-15(12-38-25(35)36)32-2-4-37-5-3-32/h6-10,15H,2-5,11-12,27H2,1H3,(H2,28,31)(H,35,36). The molecule has 1 aromatic carbocycles. The number of carbonyl (C=O) groups excluding carboxylic acids is 1. The number of carboxylic acid groups (broad SMARTS) is 1. The third-order valence-corrected chi connectivity index (χ3v) is 6.60. The van der Waals surface area contributed by atoms with Crippen molar-refractivity contribution in [2.24, 2.45) is 0 Å². The first-order valence-electron chi connectivity index (χ1n) is 12.1. The van der Waals surface area contributed by atoms with Crippen molar-refractivity contribution < 1.29 is 33.1 Å². The number of Topliss-reactive ketones (excluding diaryl/α,β-unsaturated/α-hetero) is 1. The van der Waals surface area contributed by atoms with Gasteiger partial charge in [0, 0.05) is 53.4 Å². The molecule has 1 aliphatic rings. The molecule has 4 heterocycles. The van der Waals surface area contributed by atoms with Gasteiger partial charge in [-0.25, -0.2) is 9.18 Å². The van der Waals surface area contributed by atoms with Crippen molar-refractivity contribution >= 4 is 34.4 Å². The van der Waals surface area contributed by atoms with Gasteiger partial charge in [0.2, 0.25) is 0 Å². The molecule has 13 nitrogen and oxygen atoms in total.